The molecule has 5 atom stereocenters. The highest BCUT2D eigenvalue weighted by Crippen LogP contribution is 2.47. The van der Waals surface area contributed by atoms with Gasteiger partial charge in [-0.1, -0.05) is 48.0 Å². The van der Waals surface area contributed by atoms with E-state index in [4.69, 9.17) is 16.3 Å². The van der Waals surface area contributed by atoms with Crippen molar-refractivity contribution < 1.29 is 18.8 Å². The Hall–Kier alpha value is -2.87. The monoisotopic (exact) mass is 620 g/mol. The van der Waals surface area contributed by atoms with E-state index < -0.39 is 17.1 Å². The van der Waals surface area contributed by atoms with Crippen LogP contribution in [0.3, 0.4) is 0 Å². The molecular formula is C35H41ClN2O4S. The molecule has 43 heavy (non-hydrogen) atoms. The highest BCUT2D eigenvalue weighted by molar-refractivity contribution is 7.84. The molecule has 0 aromatic heterocycles. The fraction of sp³-hybridized carbons (Fsp3) is 0.457. The second-order valence-electron chi connectivity index (χ2n) is 12.8. The lowest BCUT2D eigenvalue weighted by Crippen LogP contribution is -2.48. The van der Waals surface area contributed by atoms with E-state index in [2.05, 4.69) is 21.8 Å². The van der Waals surface area contributed by atoms with E-state index in [0.29, 0.717) is 24.0 Å². The average molecular weight is 621 g/mol. The summed E-state index contributed by atoms with van der Waals surface area (Å²) in [5.74, 6) is 1.25. The lowest BCUT2D eigenvalue weighted by Gasteiger charge is -2.45. The van der Waals surface area contributed by atoms with Gasteiger partial charge in [-0.15, -0.1) is 0 Å². The highest BCUT2D eigenvalue weighted by atomic mass is 35.5. The standard InChI is InChI=1S/C35H41ClN2O4S/c1-23(2)43(41)37-34(40)27-12-15-33-31(18-27)38(20-28-11-10-25(28)19-32(39)24-7-4-3-5-8-24)21-35(22-42-33)16-6-9-26-17-29(36)13-14-30(26)35/h3-5,7-8,12-15,17-18,23,25,28,32,39H,6,9-11,16,19-22H2,1-2H3,(H,37,40). The van der Waals surface area contributed by atoms with E-state index in [-0.39, 0.29) is 16.6 Å². The summed E-state index contributed by atoms with van der Waals surface area (Å²) >= 11 is 6.42. The molecule has 3 aromatic carbocycles. The Morgan fingerprint density at radius 3 is 2.65 bits per heavy atom. The lowest BCUT2D eigenvalue weighted by atomic mass is 9.68. The maximum absolute atomic E-state index is 13.1. The summed E-state index contributed by atoms with van der Waals surface area (Å²) < 4.78 is 21.6. The van der Waals surface area contributed by atoms with E-state index in [0.717, 1.165) is 73.6 Å². The van der Waals surface area contributed by atoms with Crippen LogP contribution < -0.4 is 14.4 Å². The van der Waals surface area contributed by atoms with Crippen LogP contribution in [0.2, 0.25) is 5.02 Å². The maximum Gasteiger partial charge on any atom is 0.263 e. The van der Waals surface area contributed by atoms with Crippen LogP contribution in [0.5, 0.6) is 5.75 Å². The Balaban J connectivity index is 1.31. The highest BCUT2D eigenvalue weighted by Gasteiger charge is 2.43. The molecule has 0 saturated heterocycles. The third kappa shape index (κ3) is 6.36. The van der Waals surface area contributed by atoms with Crippen LogP contribution in [0, 0.1) is 11.8 Å². The molecule has 1 aliphatic heterocycles. The molecule has 1 heterocycles. The van der Waals surface area contributed by atoms with Gasteiger partial charge in [0.15, 0.2) is 0 Å². The van der Waals surface area contributed by atoms with Crippen LogP contribution in [0.15, 0.2) is 66.7 Å². The van der Waals surface area contributed by atoms with Gasteiger partial charge in [0.25, 0.3) is 5.91 Å². The van der Waals surface area contributed by atoms with E-state index >= 15 is 0 Å². The van der Waals surface area contributed by atoms with Crippen molar-refractivity contribution in [3.8, 4) is 5.75 Å². The Labute approximate surface area is 262 Å². The van der Waals surface area contributed by atoms with Crippen LogP contribution in [0.25, 0.3) is 0 Å². The third-order valence-electron chi connectivity index (χ3n) is 9.66. The average Bonchev–Trinajstić information content (AvgIpc) is 3.15. The van der Waals surface area contributed by atoms with Crippen molar-refractivity contribution >= 4 is 34.2 Å². The number of amides is 1. The molecule has 6 nitrogen and oxygen atoms in total. The van der Waals surface area contributed by atoms with Crippen molar-refractivity contribution in [2.45, 2.75) is 69.1 Å². The predicted molar refractivity (Wildman–Crippen MR) is 173 cm³/mol. The number of nitrogens with zero attached hydrogens (tertiary/aromatic N) is 1. The van der Waals surface area contributed by atoms with Gasteiger partial charge in [0.05, 0.1) is 18.4 Å². The molecule has 228 valence electrons. The first-order valence-corrected chi connectivity index (χ1v) is 17.1. The molecular weight excluding hydrogens is 580 g/mol. The van der Waals surface area contributed by atoms with E-state index in [1.807, 2.05) is 62.4 Å². The third-order valence-corrected chi connectivity index (χ3v) is 11.1. The van der Waals surface area contributed by atoms with Gasteiger partial charge < -0.3 is 14.7 Å². The number of rotatable bonds is 8. The Kier molecular flexibility index (Phi) is 8.86. The van der Waals surface area contributed by atoms with E-state index in [9.17, 15) is 14.1 Å². The number of hydrogen-bond donors (Lipinski definition) is 2. The minimum atomic E-state index is -1.46. The summed E-state index contributed by atoms with van der Waals surface area (Å²) in [6.45, 7) is 5.77. The van der Waals surface area contributed by atoms with Gasteiger partial charge in [0.2, 0.25) is 0 Å². The number of hydrogen-bond acceptors (Lipinski definition) is 5. The summed E-state index contributed by atoms with van der Waals surface area (Å²) in [4.78, 5) is 15.5. The summed E-state index contributed by atoms with van der Waals surface area (Å²) in [6.07, 6.45) is 5.53. The predicted octanol–water partition coefficient (Wildman–Crippen LogP) is 6.76. The van der Waals surface area contributed by atoms with Crippen molar-refractivity contribution in [2.24, 2.45) is 11.8 Å². The van der Waals surface area contributed by atoms with Crippen molar-refractivity contribution in [1.29, 1.82) is 0 Å². The van der Waals surface area contributed by atoms with Gasteiger partial charge in [0.1, 0.15) is 16.7 Å². The number of aliphatic hydroxyl groups excluding tert-OH is 1. The zero-order valence-electron chi connectivity index (χ0n) is 24.9. The van der Waals surface area contributed by atoms with Crippen LogP contribution in [0.4, 0.5) is 5.69 Å². The van der Waals surface area contributed by atoms with Crippen molar-refractivity contribution in [1.82, 2.24) is 4.72 Å². The Bertz CT molecular complexity index is 1500. The van der Waals surface area contributed by atoms with Gasteiger partial charge in [-0.25, -0.2) is 4.21 Å². The molecule has 1 spiro atoms. The van der Waals surface area contributed by atoms with Crippen molar-refractivity contribution in [3.05, 3.63) is 94.0 Å². The summed E-state index contributed by atoms with van der Waals surface area (Å²) in [7, 11) is -1.46. The van der Waals surface area contributed by atoms with Crippen LogP contribution in [-0.2, 0) is 22.8 Å². The van der Waals surface area contributed by atoms with Gasteiger partial charge in [0, 0.05) is 34.3 Å². The minimum absolute atomic E-state index is 0.175. The zero-order valence-corrected chi connectivity index (χ0v) is 26.5. The van der Waals surface area contributed by atoms with Crippen LogP contribution in [0.1, 0.15) is 79.1 Å². The fourth-order valence-electron chi connectivity index (χ4n) is 7.09. The van der Waals surface area contributed by atoms with Gasteiger partial charge in [-0.05, 0) is 111 Å². The second-order valence-corrected chi connectivity index (χ2v) is 15.0. The first-order chi connectivity index (χ1) is 20.7. The first-order valence-electron chi connectivity index (χ1n) is 15.5. The molecule has 2 N–H and O–H groups in total. The number of nitrogens with one attached hydrogen (secondary N) is 1. The number of aryl methyl sites for hydroxylation is 1. The topological polar surface area (TPSA) is 78.9 Å². The Morgan fingerprint density at radius 1 is 1.12 bits per heavy atom. The van der Waals surface area contributed by atoms with Gasteiger partial charge in [-0.3, -0.25) is 9.52 Å². The molecule has 0 radical (unpaired) electrons. The number of carbonyl (C=O) groups excluding carboxylic acids is 1. The lowest BCUT2D eigenvalue weighted by molar-refractivity contribution is 0.0783. The SMILES string of the molecule is CC(C)S(=O)NC(=O)c1ccc2c(c1)N(CC1CCC1CC(O)c1ccccc1)CC1(CCCc3cc(Cl)ccc31)CO2. The summed E-state index contributed by atoms with van der Waals surface area (Å²) in [6, 6.07) is 21.7. The molecule has 1 saturated carbocycles. The molecule has 1 fully saturated rings. The smallest absolute Gasteiger partial charge is 0.263 e. The normalized spacial score (nSPS) is 24.3. The van der Waals surface area contributed by atoms with Crippen molar-refractivity contribution in [3.63, 3.8) is 0 Å². The maximum atomic E-state index is 13.1. The number of halogens is 1. The largest absolute Gasteiger partial charge is 0.490 e. The molecule has 1 amide bonds. The van der Waals surface area contributed by atoms with E-state index in [1.165, 1.54) is 11.1 Å². The van der Waals surface area contributed by atoms with Crippen LogP contribution in [-0.4, -0.2) is 40.2 Å². The van der Waals surface area contributed by atoms with E-state index in [1.54, 1.807) is 6.07 Å². The molecule has 5 unspecified atom stereocenters. The quantitative estimate of drug-likeness (QED) is 0.291. The molecule has 0 bridgehead atoms. The minimum Gasteiger partial charge on any atom is -0.490 e. The summed E-state index contributed by atoms with van der Waals surface area (Å²) in [5, 5.41) is 11.6. The number of aliphatic hydroxyl groups is 1. The number of carbonyl (C=O) groups is 1. The molecule has 6 rings (SSSR count). The number of anilines is 1. The Morgan fingerprint density at radius 2 is 1.91 bits per heavy atom. The molecule has 8 heteroatoms. The first kappa shape index (κ1) is 30.2. The fourth-order valence-corrected chi connectivity index (χ4v) is 7.82. The number of benzene rings is 3. The molecule has 3 aliphatic rings. The summed E-state index contributed by atoms with van der Waals surface area (Å²) in [5.41, 5.74) is 4.72. The second kappa shape index (κ2) is 12.6. The molecule has 2 aliphatic carbocycles. The zero-order chi connectivity index (χ0) is 30.1. The number of ether oxygens (including phenoxy) is 1. The number of fused-ring (bicyclic) bond motifs is 3. The van der Waals surface area contributed by atoms with Gasteiger partial charge in [-0.2, -0.15) is 0 Å². The van der Waals surface area contributed by atoms with Gasteiger partial charge >= 0.3 is 0 Å². The van der Waals surface area contributed by atoms with Crippen LogP contribution >= 0.6 is 11.6 Å². The molecule has 3 aromatic rings. The van der Waals surface area contributed by atoms with Crippen molar-refractivity contribution in [2.75, 3.05) is 24.6 Å².